The van der Waals surface area contributed by atoms with Crippen molar-refractivity contribution in [1.82, 2.24) is 15.0 Å². The molecule has 0 aromatic carbocycles. The van der Waals surface area contributed by atoms with E-state index in [0.29, 0.717) is 18.4 Å². The monoisotopic (exact) mass is 283 g/mol. The fourth-order valence-electron chi connectivity index (χ4n) is 1.36. The van der Waals surface area contributed by atoms with Crippen LogP contribution in [0.15, 0.2) is 11.4 Å². The molecule has 2 aromatic rings. The number of hydrogen-bond donors (Lipinski definition) is 1. The number of hydrogen-bond acceptors (Lipinski definition) is 6. The molecule has 0 radical (unpaired) electrons. The molecule has 96 valence electrons. The Labute approximate surface area is 115 Å². The van der Waals surface area contributed by atoms with Crippen molar-refractivity contribution in [3.8, 4) is 0 Å². The van der Waals surface area contributed by atoms with E-state index in [1.807, 2.05) is 14.1 Å². The predicted octanol–water partition coefficient (Wildman–Crippen LogP) is 2.57. The molecule has 5 nitrogen and oxygen atoms in total. The topological polar surface area (TPSA) is 53.9 Å². The molecule has 2 aromatic heterocycles. The first-order valence-electron chi connectivity index (χ1n) is 5.42. The summed E-state index contributed by atoms with van der Waals surface area (Å²) in [6.45, 7) is 2.77. The molecular formula is C11H14ClN5S. The molecule has 0 atom stereocenters. The van der Waals surface area contributed by atoms with Crippen LogP contribution in [0, 0.1) is 6.92 Å². The standard InChI is InChI=1S/C11H14ClN5S/c1-7-4-5-18-8(7)6-13-10-14-9(12)15-11(16-10)17(2)3/h4-5H,6H2,1-3H3,(H,13,14,15,16). The number of aryl methyl sites for hydroxylation is 1. The van der Waals surface area contributed by atoms with Crippen LogP contribution in [-0.2, 0) is 6.54 Å². The molecule has 0 amide bonds. The van der Waals surface area contributed by atoms with Gasteiger partial charge >= 0.3 is 0 Å². The summed E-state index contributed by atoms with van der Waals surface area (Å²) >= 11 is 7.57. The third-order valence-electron chi connectivity index (χ3n) is 2.37. The summed E-state index contributed by atoms with van der Waals surface area (Å²) in [5.74, 6) is 1.03. The van der Waals surface area contributed by atoms with Gasteiger partial charge in [0.25, 0.3) is 0 Å². The van der Waals surface area contributed by atoms with Crippen molar-refractivity contribution in [2.24, 2.45) is 0 Å². The number of anilines is 2. The van der Waals surface area contributed by atoms with Crippen LogP contribution >= 0.6 is 22.9 Å². The van der Waals surface area contributed by atoms with Gasteiger partial charge in [-0.05, 0) is 35.5 Å². The van der Waals surface area contributed by atoms with Gasteiger partial charge in [-0.1, -0.05) is 0 Å². The zero-order chi connectivity index (χ0) is 13.1. The van der Waals surface area contributed by atoms with E-state index in [-0.39, 0.29) is 5.28 Å². The second kappa shape index (κ2) is 5.49. The maximum Gasteiger partial charge on any atom is 0.230 e. The Morgan fingerprint density at radius 3 is 2.72 bits per heavy atom. The zero-order valence-corrected chi connectivity index (χ0v) is 12.0. The van der Waals surface area contributed by atoms with Gasteiger partial charge in [-0.2, -0.15) is 15.0 Å². The molecule has 0 saturated heterocycles. The molecule has 0 unspecified atom stereocenters. The molecule has 0 aliphatic carbocycles. The number of aromatic nitrogens is 3. The van der Waals surface area contributed by atoms with Crippen LogP contribution in [0.5, 0.6) is 0 Å². The molecule has 2 rings (SSSR count). The van der Waals surface area contributed by atoms with Crippen LogP contribution in [0.4, 0.5) is 11.9 Å². The highest BCUT2D eigenvalue weighted by molar-refractivity contribution is 7.10. The summed E-state index contributed by atoms with van der Waals surface area (Å²) in [7, 11) is 3.72. The lowest BCUT2D eigenvalue weighted by atomic mass is 10.3. The normalized spacial score (nSPS) is 10.4. The quantitative estimate of drug-likeness (QED) is 0.935. The fraction of sp³-hybridized carbons (Fsp3) is 0.364. The van der Waals surface area contributed by atoms with E-state index in [9.17, 15) is 0 Å². The number of thiophene rings is 1. The van der Waals surface area contributed by atoms with Gasteiger partial charge in [-0.25, -0.2) is 0 Å². The molecule has 0 spiro atoms. The van der Waals surface area contributed by atoms with Crippen molar-refractivity contribution < 1.29 is 0 Å². The fourth-order valence-corrected chi connectivity index (χ4v) is 2.36. The van der Waals surface area contributed by atoms with Gasteiger partial charge in [-0.3, -0.25) is 0 Å². The molecule has 18 heavy (non-hydrogen) atoms. The zero-order valence-electron chi connectivity index (χ0n) is 10.4. The van der Waals surface area contributed by atoms with E-state index >= 15 is 0 Å². The first kappa shape index (κ1) is 13.0. The summed E-state index contributed by atoms with van der Waals surface area (Å²) in [6, 6.07) is 2.09. The van der Waals surface area contributed by atoms with E-state index in [1.165, 1.54) is 10.4 Å². The highest BCUT2D eigenvalue weighted by atomic mass is 35.5. The largest absolute Gasteiger partial charge is 0.349 e. The van der Waals surface area contributed by atoms with Crippen LogP contribution in [0.3, 0.4) is 0 Å². The van der Waals surface area contributed by atoms with Crippen LogP contribution in [0.2, 0.25) is 5.28 Å². The Hall–Kier alpha value is -1.40. The molecular weight excluding hydrogens is 270 g/mol. The van der Waals surface area contributed by atoms with Crippen molar-refractivity contribution in [3.63, 3.8) is 0 Å². The predicted molar refractivity (Wildman–Crippen MR) is 75.5 cm³/mol. The van der Waals surface area contributed by atoms with Crippen molar-refractivity contribution in [2.75, 3.05) is 24.3 Å². The Bertz CT molecular complexity index is 540. The minimum atomic E-state index is 0.194. The Morgan fingerprint density at radius 2 is 2.11 bits per heavy atom. The van der Waals surface area contributed by atoms with Crippen LogP contribution in [0.25, 0.3) is 0 Å². The Balaban J connectivity index is 2.12. The Morgan fingerprint density at radius 1 is 1.33 bits per heavy atom. The molecule has 0 aliphatic rings. The second-order valence-electron chi connectivity index (χ2n) is 4.00. The summed E-state index contributed by atoms with van der Waals surface area (Å²) in [5.41, 5.74) is 1.26. The first-order chi connectivity index (χ1) is 8.56. The lowest BCUT2D eigenvalue weighted by molar-refractivity contribution is 0.944. The lowest BCUT2D eigenvalue weighted by Crippen LogP contribution is -2.15. The maximum absolute atomic E-state index is 5.86. The van der Waals surface area contributed by atoms with Crippen molar-refractivity contribution in [2.45, 2.75) is 13.5 Å². The van der Waals surface area contributed by atoms with Gasteiger partial charge in [0, 0.05) is 19.0 Å². The third-order valence-corrected chi connectivity index (χ3v) is 3.56. The molecule has 0 bridgehead atoms. The van der Waals surface area contributed by atoms with E-state index in [2.05, 4.69) is 38.6 Å². The van der Waals surface area contributed by atoms with Gasteiger partial charge in [0.05, 0.1) is 6.54 Å². The van der Waals surface area contributed by atoms with Gasteiger partial charge in [-0.15, -0.1) is 11.3 Å². The van der Waals surface area contributed by atoms with Crippen LogP contribution in [-0.4, -0.2) is 29.0 Å². The van der Waals surface area contributed by atoms with Gasteiger partial charge < -0.3 is 10.2 Å². The first-order valence-corrected chi connectivity index (χ1v) is 6.68. The average molecular weight is 284 g/mol. The van der Waals surface area contributed by atoms with E-state index in [4.69, 9.17) is 11.6 Å². The molecule has 7 heteroatoms. The average Bonchev–Trinajstić information content (AvgIpc) is 2.71. The molecule has 0 saturated carbocycles. The van der Waals surface area contributed by atoms with E-state index in [1.54, 1.807) is 16.2 Å². The summed E-state index contributed by atoms with van der Waals surface area (Å²) in [6.07, 6.45) is 0. The van der Waals surface area contributed by atoms with E-state index < -0.39 is 0 Å². The Kier molecular flexibility index (Phi) is 3.98. The van der Waals surface area contributed by atoms with Crippen LogP contribution < -0.4 is 10.2 Å². The number of halogens is 1. The van der Waals surface area contributed by atoms with Gasteiger partial charge in [0.2, 0.25) is 17.2 Å². The molecule has 2 heterocycles. The molecule has 0 aliphatic heterocycles. The summed E-state index contributed by atoms with van der Waals surface area (Å²) in [5, 5.41) is 5.42. The molecule has 0 fully saturated rings. The highest BCUT2D eigenvalue weighted by Gasteiger charge is 2.07. The smallest absolute Gasteiger partial charge is 0.230 e. The number of nitrogens with one attached hydrogen (secondary N) is 1. The van der Waals surface area contributed by atoms with Crippen molar-refractivity contribution in [1.29, 1.82) is 0 Å². The number of rotatable bonds is 4. The minimum absolute atomic E-state index is 0.194. The minimum Gasteiger partial charge on any atom is -0.349 e. The number of nitrogens with zero attached hydrogens (tertiary/aromatic N) is 4. The van der Waals surface area contributed by atoms with Crippen molar-refractivity contribution >= 4 is 34.8 Å². The van der Waals surface area contributed by atoms with Gasteiger partial charge in [0.1, 0.15) is 0 Å². The van der Waals surface area contributed by atoms with Crippen molar-refractivity contribution in [3.05, 3.63) is 27.2 Å². The second-order valence-corrected chi connectivity index (χ2v) is 5.34. The maximum atomic E-state index is 5.86. The van der Waals surface area contributed by atoms with Gasteiger partial charge in [0.15, 0.2) is 0 Å². The summed E-state index contributed by atoms with van der Waals surface area (Å²) in [4.78, 5) is 15.4. The molecule has 1 N–H and O–H groups in total. The van der Waals surface area contributed by atoms with Crippen LogP contribution in [0.1, 0.15) is 10.4 Å². The highest BCUT2D eigenvalue weighted by Crippen LogP contribution is 2.17. The third kappa shape index (κ3) is 3.08. The lowest BCUT2D eigenvalue weighted by Gasteiger charge is -2.11. The summed E-state index contributed by atoms with van der Waals surface area (Å²) < 4.78 is 0. The SMILES string of the molecule is Cc1ccsc1CNc1nc(Cl)nc(N(C)C)n1. The van der Waals surface area contributed by atoms with E-state index in [0.717, 1.165) is 0 Å².